The molecule has 0 bridgehead atoms. The summed E-state index contributed by atoms with van der Waals surface area (Å²) >= 11 is 1.10. The fourth-order valence-corrected chi connectivity index (χ4v) is 4.72. The standard InChI is InChI=1S/C16H24N2O5S2/c1-12(16(20)18-13-6-3-2-4-7-13)23-14(19)9-10-17-25(21,22)15-8-5-11-24-15/h5,8,11-13,17H,2-4,6-7,9-10H2,1H3,(H,18,20)/t12-/m0/s1. The number of amides is 1. The van der Waals surface area contributed by atoms with Crippen molar-refractivity contribution in [3.05, 3.63) is 17.5 Å². The normalized spacial score (nSPS) is 17.0. The van der Waals surface area contributed by atoms with Crippen LogP contribution in [0.15, 0.2) is 21.7 Å². The van der Waals surface area contributed by atoms with Crippen molar-refractivity contribution in [3.63, 3.8) is 0 Å². The Hall–Kier alpha value is -1.45. The molecule has 9 heteroatoms. The average molecular weight is 389 g/mol. The predicted molar refractivity (Wildman–Crippen MR) is 94.7 cm³/mol. The molecule has 0 aromatic carbocycles. The maximum atomic E-state index is 12.0. The highest BCUT2D eigenvalue weighted by Crippen LogP contribution is 2.17. The van der Waals surface area contributed by atoms with E-state index in [2.05, 4.69) is 10.0 Å². The lowest BCUT2D eigenvalue weighted by Crippen LogP contribution is -2.43. The van der Waals surface area contributed by atoms with Crippen LogP contribution in [0.4, 0.5) is 0 Å². The summed E-state index contributed by atoms with van der Waals surface area (Å²) in [6.45, 7) is 1.45. The Kier molecular flexibility index (Phi) is 7.39. The fourth-order valence-electron chi connectivity index (χ4n) is 2.65. The molecule has 1 fully saturated rings. The topological polar surface area (TPSA) is 102 Å². The van der Waals surface area contributed by atoms with Gasteiger partial charge in [-0.15, -0.1) is 11.3 Å². The third kappa shape index (κ3) is 6.41. The molecule has 2 N–H and O–H groups in total. The maximum absolute atomic E-state index is 12.0. The lowest BCUT2D eigenvalue weighted by atomic mass is 9.95. The highest BCUT2D eigenvalue weighted by Gasteiger charge is 2.22. The minimum atomic E-state index is -3.60. The van der Waals surface area contributed by atoms with E-state index in [9.17, 15) is 18.0 Å². The van der Waals surface area contributed by atoms with Gasteiger partial charge in [0, 0.05) is 12.6 Å². The molecular formula is C16H24N2O5S2. The zero-order chi connectivity index (χ0) is 18.3. The quantitative estimate of drug-likeness (QED) is 0.661. The van der Waals surface area contributed by atoms with Crippen molar-refractivity contribution in [2.75, 3.05) is 6.54 Å². The number of carbonyl (C=O) groups excluding carboxylic acids is 2. The smallest absolute Gasteiger partial charge is 0.307 e. The van der Waals surface area contributed by atoms with Crippen LogP contribution >= 0.6 is 11.3 Å². The number of carbonyl (C=O) groups is 2. The van der Waals surface area contributed by atoms with E-state index in [1.807, 2.05) is 0 Å². The van der Waals surface area contributed by atoms with E-state index < -0.39 is 22.1 Å². The number of esters is 1. The van der Waals surface area contributed by atoms with Gasteiger partial charge in [-0.1, -0.05) is 25.3 Å². The molecule has 140 valence electrons. The number of hydrogen-bond acceptors (Lipinski definition) is 6. The molecular weight excluding hydrogens is 364 g/mol. The third-order valence-electron chi connectivity index (χ3n) is 4.01. The lowest BCUT2D eigenvalue weighted by Gasteiger charge is -2.24. The molecule has 0 saturated heterocycles. The Morgan fingerprint density at radius 2 is 2.04 bits per heavy atom. The van der Waals surface area contributed by atoms with Gasteiger partial charge in [0.1, 0.15) is 4.21 Å². The van der Waals surface area contributed by atoms with Gasteiger partial charge >= 0.3 is 5.97 Å². The first-order valence-corrected chi connectivity index (χ1v) is 10.8. The number of rotatable bonds is 8. The van der Waals surface area contributed by atoms with Crippen molar-refractivity contribution in [2.45, 2.75) is 61.8 Å². The van der Waals surface area contributed by atoms with Crippen molar-refractivity contribution >= 4 is 33.2 Å². The molecule has 1 aromatic heterocycles. The molecule has 25 heavy (non-hydrogen) atoms. The van der Waals surface area contributed by atoms with Gasteiger partial charge in [0.2, 0.25) is 10.0 Å². The van der Waals surface area contributed by atoms with Crippen LogP contribution in [0, 0.1) is 0 Å². The molecule has 7 nitrogen and oxygen atoms in total. The molecule has 1 aliphatic rings. The van der Waals surface area contributed by atoms with Crippen LogP contribution in [0.25, 0.3) is 0 Å². The van der Waals surface area contributed by atoms with Gasteiger partial charge in [0.15, 0.2) is 6.10 Å². The molecule has 0 unspecified atom stereocenters. The van der Waals surface area contributed by atoms with Crippen LogP contribution in [0.5, 0.6) is 0 Å². The van der Waals surface area contributed by atoms with Gasteiger partial charge in [-0.2, -0.15) is 0 Å². The van der Waals surface area contributed by atoms with Crippen molar-refractivity contribution in [1.82, 2.24) is 10.0 Å². The Bertz CT molecular complexity index is 667. The zero-order valence-electron chi connectivity index (χ0n) is 14.2. The van der Waals surface area contributed by atoms with Crippen molar-refractivity contribution in [3.8, 4) is 0 Å². The van der Waals surface area contributed by atoms with Gasteiger partial charge in [-0.3, -0.25) is 9.59 Å². The second kappa shape index (κ2) is 9.30. The summed E-state index contributed by atoms with van der Waals surface area (Å²) in [4.78, 5) is 23.8. The molecule has 2 rings (SSSR count). The molecule has 1 atom stereocenters. The Morgan fingerprint density at radius 3 is 2.68 bits per heavy atom. The van der Waals surface area contributed by atoms with Crippen molar-refractivity contribution < 1.29 is 22.7 Å². The van der Waals surface area contributed by atoms with Crippen LogP contribution in [0.1, 0.15) is 45.4 Å². The van der Waals surface area contributed by atoms with Gasteiger partial charge in [-0.05, 0) is 31.2 Å². The molecule has 1 amide bonds. The van der Waals surface area contributed by atoms with Crippen LogP contribution < -0.4 is 10.0 Å². The Labute approximate surface area is 152 Å². The summed E-state index contributed by atoms with van der Waals surface area (Å²) in [5.41, 5.74) is 0. The summed E-state index contributed by atoms with van der Waals surface area (Å²) < 4.78 is 31.4. The molecule has 1 saturated carbocycles. The first-order valence-electron chi connectivity index (χ1n) is 8.41. The minimum absolute atomic E-state index is 0.0734. The third-order valence-corrected chi connectivity index (χ3v) is 6.87. The van der Waals surface area contributed by atoms with Crippen LogP contribution in [-0.4, -0.2) is 39.0 Å². The summed E-state index contributed by atoms with van der Waals surface area (Å²) in [6, 6.07) is 3.28. The summed E-state index contributed by atoms with van der Waals surface area (Å²) in [5.74, 6) is -0.917. The van der Waals surface area contributed by atoms with E-state index in [1.54, 1.807) is 11.4 Å². The van der Waals surface area contributed by atoms with Gasteiger partial charge < -0.3 is 10.1 Å². The highest BCUT2D eigenvalue weighted by atomic mass is 32.2. The van der Waals surface area contributed by atoms with Crippen molar-refractivity contribution in [2.24, 2.45) is 0 Å². The first-order chi connectivity index (χ1) is 11.9. The summed E-state index contributed by atoms with van der Waals surface area (Å²) in [7, 11) is -3.60. The van der Waals surface area contributed by atoms with Gasteiger partial charge in [0.25, 0.3) is 5.91 Å². The maximum Gasteiger partial charge on any atom is 0.307 e. The predicted octanol–water partition coefficient (Wildman–Crippen LogP) is 1.80. The van der Waals surface area contributed by atoms with E-state index in [0.717, 1.165) is 37.0 Å². The molecule has 1 aromatic rings. The van der Waals surface area contributed by atoms with Crippen molar-refractivity contribution in [1.29, 1.82) is 0 Å². The molecule has 1 heterocycles. The van der Waals surface area contributed by atoms with Crippen LogP contribution in [0.3, 0.4) is 0 Å². The number of nitrogens with one attached hydrogen (secondary N) is 2. The first kappa shape index (κ1) is 19.9. The molecule has 1 aliphatic carbocycles. The number of sulfonamides is 1. The second-order valence-electron chi connectivity index (χ2n) is 6.06. The summed E-state index contributed by atoms with van der Waals surface area (Å²) in [5, 5.41) is 4.56. The zero-order valence-corrected chi connectivity index (χ0v) is 15.8. The number of ether oxygens (including phenoxy) is 1. The fraction of sp³-hybridized carbons (Fsp3) is 0.625. The Morgan fingerprint density at radius 1 is 1.32 bits per heavy atom. The van der Waals surface area contributed by atoms with Crippen LogP contribution in [-0.2, 0) is 24.3 Å². The SMILES string of the molecule is C[C@H](OC(=O)CCNS(=O)(=O)c1cccs1)C(=O)NC1CCCCC1. The molecule has 0 aliphatic heterocycles. The van der Waals surface area contributed by atoms with Gasteiger partial charge in [0.05, 0.1) is 6.42 Å². The van der Waals surface area contributed by atoms with E-state index >= 15 is 0 Å². The van der Waals surface area contributed by atoms with E-state index in [-0.39, 0.29) is 29.1 Å². The largest absolute Gasteiger partial charge is 0.453 e. The van der Waals surface area contributed by atoms with Crippen LogP contribution in [0.2, 0.25) is 0 Å². The van der Waals surface area contributed by atoms with E-state index in [4.69, 9.17) is 4.74 Å². The lowest BCUT2D eigenvalue weighted by molar-refractivity contribution is -0.155. The monoisotopic (exact) mass is 388 g/mol. The highest BCUT2D eigenvalue weighted by molar-refractivity contribution is 7.91. The van der Waals surface area contributed by atoms with E-state index in [1.165, 1.54) is 19.4 Å². The molecule has 0 spiro atoms. The number of thiophene rings is 1. The Balaban J connectivity index is 1.69. The van der Waals surface area contributed by atoms with Gasteiger partial charge in [-0.25, -0.2) is 13.1 Å². The second-order valence-corrected chi connectivity index (χ2v) is 9.00. The van der Waals surface area contributed by atoms with E-state index in [0.29, 0.717) is 0 Å². The minimum Gasteiger partial charge on any atom is -0.453 e. The number of hydrogen-bond donors (Lipinski definition) is 2. The average Bonchev–Trinajstić information content (AvgIpc) is 3.11. The summed E-state index contributed by atoms with van der Waals surface area (Å²) in [6.07, 6.45) is 4.29. The molecule has 0 radical (unpaired) electrons.